The summed E-state index contributed by atoms with van der Waals surface area (Å²) in [6, 6.07) is 8.79. The lowest BCUT2D eigenvalue weighted by Gasteiger charge is -2.13. The summed E-state index contributed by atoms with van der Waals surface area (Å²) in [6.07, 6.45) is 4.65. The van der Waals surface area contributed by atoms with Crippen molar-refractivity contribution in [3.63, 3.8) is 0 Å². The van der Waals surface area contributed by atoms with Gasteiger partial charge in [0, 0.05) is 12.5 Å². The second-order valence-corrected chi connectivity index (χ2v) is 4.51. The average molecular weight is 219 g/mol. The first kappa shape index (κ1) is 11.6. The monoisotopic (exact) mass is 219 g/mol. The second-order valence-electron chi connectivity index (χ2n) is 4.51. The Bertz CT molecular complexity index is 318. The van der Waals surface area contributed by atoms with E-state index < -0.39 is 0 Å². The molecule has 0 aliphatic carbocycles. The molecule has 1 aliphatic rings. The second kappa shape index (κ2) is 6.02. The average Bonchev–Trinajstić information content (AvgIpc) is 2.83. The van der Waals surface area contributed by atoms with Gasteiger partial charge < -0.3 is 10.5 Å². The van der Waals surface area contributed by atoms with Crippen LogP contribution in [-0.4, -0.2) is 19.8 Å². The van der Waals surface area contributed by atoms with Crippen molar-refractivity contribution in [3.05, 3.63) is 35.4 Å². The summed E-state index contributed by atoms with van der Waals surface area (Å²) in [4.78, 5) is 0. The fourth-order valence-electron chi connectivity index (χ4n) is 2.40. The van der Waals surface area contributed by atoms with Gasteiger partial charge >= 0.3 is 0 Å². The van der Waals surface area contributed by atoms with Gasteiger partial charge in [0.1, 0.15) is 0 Å². The summed E-state index contributed by atoms with van der Waals surface area (Å²) in [7, 11) is 0. The lowest BCUT2D eigenvalue weighted by molar-refractivity contribution is 0.194. The molecule has 2 heteroatoms. The molecule has 2 nitrogen and oxygen atoms in total. The molecule has 2 N–H and O–H groups in total. The molecule has 1 atom stereocenters. The molecular formula is C14H21NO. The standard InChI is InChI=1S/C14H21NO/c15-9-4-3-6-12-5-1-2-7-14(12)13-8-10-16-11-13/h1-2,5,7,13H,3-4,6,8-11,15H2. The normalized spacial score (nSPS) is 20.2. The maximum Gasteiger partial charge on any atom is 0.0535 e. The van der Waals surface area contributed by atoms with Crippen molar-refractivity contribution < 1.29 is 4.74 Å². The molecular weight excluding hydrogens is 198 g/mol. The fourth-order valence-corrected chi connectivity index (χ4v) is 2.40. The first-order chi connectivity index (χ1) is 7.92. The van der Waals surface area contributed by atoms with Crippen LogP contribution >= 0.6 is 0 Å². The highest BCUT2D eigenvalue weighted by atomic mass is 16.5. The number of aryl methyl sites for hydroxylation is 1. The molecule has 1 aromatic rings. The predicted molar refractivity (Wildman–Crippen MR) is 66.6 cm³/mol. The van der Waals surface area contributed by atoms with Gasteiger partial charge in [-0.05, 0) is 43.4 Å². The maximum absolute atomic E-state index is 5.53. The number of hydrogen-bond acceptors (Lipinski definition) is 2. The summed E-state index contributed by atoms with van der Waals surface area (Å²) < 4.78 is 5.47. The van der Waals surface area contributed by atoms with Crippen molar-refractivity contribution in [2.75, 3.05) is 19.8 Å². The molecule has 0 saturated carbocycles. The van der Waals surface area contributed by atoms with Gasteiger partial charge in [-0.2, -0.15) is 0 Å². The smallest absolute Gasteiger partial charge is 0.0535 e. The van der Waals surface area contributed by atoms with E-state index in [-0.39, 0.29) is 0 Å². The van der Waals surface area contributed by atoms with E-state index in [0.29, 0.717) is 5.92 Å². The Hall–Kier alpha value is -0.860. The van der Waals surface area contributed by atoms with Crippen LogP contribution in [0.3, 0.4) is 0 Å². The topological polar surface area (TPSA) is 35.2 Å². The summed E-state index contributed by atoms with van der Waals surface area (Å²) in [5.41, 5.74) is 8.52. The number of rotatable bonds is 5. The zero-order valence-electron chi connectivity index (χ0n) is 9.82. The highest BCUT2D eigenvalue weighted by Crippen LogP contribution is 2.28. The van der Waals surface area contributed by atoms with Crippen molar-refractivity contribution in [3.8, 4) is 0 Å². The Morgan fingerprint density at radius 2 is 2.12 bits per heavy atom. The van der Waals surface area contributed by atoms with Crippen molar-refractivity contribution in [2.45, 2.75) is 31.6 Å². The zero-order chi connectivity index (χ0) is 11.2. The van der Waals surface area contributed by atoms with Gasteiger partial charge in [-0.25, -0.2) is 0 Å². The van der Waals surface area contributed by atoms with Crippen LogP contribution in [0.25, 0.3) is 0 Å². The summed E-state index contributed by atoms with van der Waals surface area (Å²) in [6.45, 7) is 2.62. The molecule has 1 heterocycles. The van der Waals surface area contributed by atoms with Crippen LogP contribution in [0.4, 0.5) is 0 Å². The van der Waals surface area contributed by atoms with Crippen LogP contribution in [0.1, 0.15) is 36.3 Å². The minimum absolute atomic E-state index is 0.620. The zero-order valence-corrected chi connectivity index (χ0v) is 9.82. The van der Waals surface area contributed by atoms with Gasteiger partial charge in [-0.3, -0.25) is 0 Å². The van der Waals surface area contributed by atoms with Gasteiger partial charge in [0.25, 0.3) is 0 Å². The first-order valence-corrected chi connectivity index (χ1v) is 6.27. The molecule has 1 fully saturated rings. The largest absolute Gasteiger partial charge is 0.381 e. The first-order valence-electron chi connectivity index (χ1n) is 6.27. The lowest BCUT2D eigenvalue weighted by Crippen LogP contribution is -2.04. The SMILES string of the molecule is NCCCCc1ccccc1C1CCOC1. The molecule has 1 aliphatic heterocycles. The van der Waals surface area contributed by atoms with Crippen LogP contribution in [0.15, 0.2) is 24.3 Å². The molecule has 1 unspecified atom stereocenters. The number of ether oxygens (including phenoxy) is 1. The molecule has 0 spiro atoms. The molecule has 0 amide bonds. The lowest BCUT2D eigenvalue weighted by atomic mass is 9.91. The molecule has 0 bridgehead atoms. The van der Waals surface area contributed by atoms with Crippen LogP contribution in [0, 0.1) is 0 Å². The molecule has 1 aromatic carbocycles. The molecule has 1 saturated heterocycles. The van der Waals surface area contributed by atoms with E-state index in [1.165, 1.54) is 24.0 Å². The number of benzene rings is 1. The summed E-state index contributed by atoms with van der Waals surface area (Å²) in [5, 5.41) is 0. The van der Waals surface area contributed by atoms with Gasteiger partial charge in [0.15, 0.2) is 0 Å². The van der Waals surface area contributed by atoms with Crippen LogP contribution < -0.4 is 5.73 Å². The van der Waals surface area contributed by atoms with Gasteiger partial charge in [0.05, 0.1) is 6.61 Å². The van der Waals surface area contributed by atoms with E-state index >= 15 is 0 Å². The highest BCUT2D eigenvalue weighted by molar-refractivity contribution is 5.31. The molecule has 0 aromatic heterocycles. The Morgan fingerprint density at radius 1 is 1.25 bits per heavy atom. The Balaban J connectivity index is 2.04. The number of nitrogens with two attached hydrogens (primary N) is 1. The molecule has 2 rings (SSSR count). The maximum atomic E-state index is 5.53. The molecule has 0 radical (unpaired) electrons. The van der Waals surface area contributed by atoms with Crippen molar-refractivity contribution in [1.82, 2.24) is 0 Å². The van der Waals surface area contributed by atoms with E-state index in [4.69, 9.17) is 10.5 Å². The quantitative estimate of drug-likeness (QED) is 0.772. The third kappa shape index (κ3) is 2.83. The molecule has 88 valence electrons. The Morgan fingerprint density at radius 3 is 2.88 bits per heavy atom. The van der Waals surface area contributed by atoms with E-state index in [0.717, 1.165) is 32.6 Å². The third-order valence-corrected chi connectivity index (χ3v) is 3.32. The van der Waals surface area contributed by atoms with Crippen molar-refractivity contribution in [2.24, 2.45) is 5.73 Å². The van der Waals surface area contributed by atoms with Crippen LogP contribution in [0.2, 0.25) is 0 Å². The summed E-state index contributed by atoms with van der Waals surface area (Å²) in [5.74, 6) is 0.620. The van der Waals surface area contributed by atoms with E-state index in [1.807, 2.05) is 0 Å². The van der Waals surface area contributed by atoms with Crippen LogP contribution in [0.5, 0.6) is 0 Å². The predicted octanol–water partition coefficient (Wildman–Crippen LogP) is 2.47. The van der Waals surface area contributed by atoms with Crippen molar-refractivity contribution >= 4 is 0 Å². The number of unbranched alkanes of at least 4 members (excludes halogenated alkanes) is 1. The fraction of sp³-hybridized carbons (Fsp3) is 0.571. The van der Waals surface area contributed by atoms with Gasteiger partial charge in [-0.1, -0.05) is 24.3 Å². The van der Waals surface area contributed by atoms with E-state index in [2.05, 4.69) is 24.3 Å². The highest BCUT2D eigenvalue weighted by Gasteiger charge is 2.19. The Kier molecular flexibility index (Phi) is 4.37. The Labute approximate surface area is 97.8 Å². The third-order valence-electron chi connectivity index (χ3n) is 3.32. The van der Waals surface area contributed by atoms with Gasteiger partial charge in [0.2, 0.25) is 0 Å². The number of hydrogen-bond donors (Lipinski definition) is 1. The van der Waals surface area contributed by atoms with E-state index in [9.17, 15) is 0 Å². The minimum atomic E-state index is 0.620. The van der Waals surface area contributed by atoms with Crippen LogP contribution in [-0.2, 0) is 11.2 Å². The minimum Gasteiger partial charge on any atom is -0.381 e. The van der Waals surface area contributed by atoms with Gasteiger partial charge in [-0.15, -0.1) is 0 Å². The van der Waals surface area contributed by atoms with Crippen molar-refractivity contribution in [1.29, 1.82) is 0 Å². The summed E-state index contributed by atoms with van der Waals surface area (Å²) >= 11 is 0. The van der Waals surface area contributed by atoms with E-state index in [1.54, 1.807) is 0 Å². The molecule has 16 heavy (non-hydrogen) atoms.